The Labute approximate surface area is 151 Å². The van der Waals surface area contributed by atoms with Gasteiger partial charge in [-0.3, -0.25) is 9.21 Å². The van der Waals surface area contributed by atoms with E-state index in [0.717, 1.165) is 42.7 Å². The maximum absolute atomic E-state index is 12.0. The second-order valence-corrected chi connectivity index (χ2v) is 10.3. The smallest absolute Gasteiger partial charge is 0.232 e. The van der Waals surface area contributed by atoms with Crippen LogP contribution in [0, 0.1) is 5.41 Å². The molecule has 2 aliphatic heterocycles. The normalized spacial score (nSPS) is 22.5. The molecule has 0 spiro atoms. The summed E-state index contributed by atoms with van der Waals surface area (Å²) < 4.78 is 25.4. The first-order valence-corrected chi connectivity index (χ1v) is 11.0. The van der Waals surface area contributed by atoms with Crippen LogP contribution in [0.5, 0.6) is 0 Å². The van der Waals surface area contributed by atoms with Gasteiger partial charge in [0.05, 0.1) is 18.0 Å². The van der Waals surface area contributed by atoms with Gasteiger partial charge in [-0.1, -0.05) is 26.0 Å². The molecule has 0 radical (unpaired) electrons. The number of anilines is 1. The third kappa shape index (κ3) is 4.36. The van der Waals surface area contributed by atoms with E-state index < -0.39 is 16.1 Å². The van der Waals surface area contributed by atoms with E-state index in [-0.39, 0.29) is 0 Å². The zero-order chi connectivity index (χ0) is 18.2. The molecule has 1 atom stereocenters. The SMILES string of the molecule is CC1(C)CCCN(CC(O)c2ccc3c(c2)CCCN3S(C)(=O)=O)C1. The Morgan fingerprint density at radius 2 is 2.00 bits per heavy atom. The van der Waals surface area contributed by atoms with Crippen LogP contribution in [0.3, 0.4) is 0 Å². The van der Waals surface area contributed by atoms with Gasteiger partial charge in [-0.25, -0.2) is 8.42 Å². The number of hydrogen-bond donors (Lipinski definition) is 1. The topological polar surface area (TPSA) is 60.9 Å². The third-order valence-corrected chi connectivity index (χ3v) is 6.56. The summed E-state index contributed by atoms with van der Waals surface area (Å²) in [5, 5.41) is 10.7. The zero-order valence-corrected chi connectivity index (χ0v) is 16.3. The van der Waals surface area contributed by atoms with Crippen LogP contribution < -0.4 is 4.31 Å². The van der Waals surface area contributed by atoms with Gasteiger partial charge < -0.3 is 5.11 Å². The molecule has 1 aromatic carbocycles. The molecule has 1 N–H and O–H groups in total. The van der Waals surface area contributed by atoms with E-state index in [0.29, 0.717) is 18.5 Å². The molecule has 0 aliphatic carbocycles. The number of aryl methyl sites for hydroxylation is 1. The highest BCUT2D eigenvalue weighted by molar-refractivity contribution is 7.92. The number of likely N-dealkylation sites (tertiary alicyclic amines) is 1. The van der Waals surface area contributed by atoms with E-state index in [1.807, 2.05) is 18.2 Å². The van der Waals surface area contributed by atoms with Crippen LogP contribution in [0.15, 0.2) is 18.2 Å². The van der Waals surface area contributed by atoms with E-state index in [9.17, 15) is 13.5 Å². The van der Waals surface area contributed by atoms with Crippen molar-refractivity contribution in [3.05, 3.63) is 29.3 Å². The summed E-state index contributed by atoms with van der Waals surface area (Å²) in [6, 6.07) is 5.72. The van der Waals surface area contributed by atoms with E-state index >= 15 is 0 Å². The highest BCUT2D eigenvalue weighted by Crippen LogP contribution is 2.33. The van der Waals surface area contributed by atoms with E-state index in [1.165, 1.54) is 23.4 Å². The standard InChI is InChI=1S/C19H30N2O3S/c1-19(2)9-5-10-20(14-19)13-18(22)16-7-8-17-15(12-16)6-4-11-21(17)25(3,23)24/h7-8,12,18,22H,4-6,9-11,13-14H2,1-3H3. The molecule has 0 saturated carbocycles. The Balaban J connectivity index is 1.75. The fraction of sp³-hybridized carbons (Fsp3) is 0.684. The molecule has 2 heterocycles. The van der Waals surface area contributed by atoms with Crippen molar-refractivity contribution < 1.29 is 13.5 Å². The van der Waals surface area contributed by atoms with Crippen molar-refractivity contribution in [1.29, 1.82) is 0 Å². The lowest BCUT2D eigenvalue weighted by atomic mass is 9.84. The van der Waals surface area contributed by atoms with Gasteiger partial charge in [-0.2, -0.15) is 0 Å². The predicted molar refractivity (Wildman–Crippen MR) is 101 cm³/mol. The minimum atomic E-state index is -3.25. The van der Waals surface area contributed by atoms with Crippen molar-refractivity contribution in [2.24, 2.45) is 5.41 Å². The van der Waals surface area contributed by atoms with Crippen LogP contribution >= 0.6 is 0 Å². The number of piperidine rings is 1. The predicted octanol–water partition coefficient (Wildman–Crippen LogP) is 2.55. The first-order valence-electron chi connectivity index (χ1n) is 9.17. The summed E-state index contributed by atoms with van der Waals surface area (Å²) in [5.41, 5.74) is 2.98. The molecule has 140 valence electrons. The second kappa shape index (κ2) is 6.89. The fourth-order valence-corrected chi connectivity index (χ4v) is 5.18. The van der Waals surface area contributed by atoms with E-state index in [2.05, 4.69) is 18.7 Å². The highest BCUT2D eigenvalue weighted by Gasteiger charge is 2.28. The molecular formula is C19H30N2O3S. The highest BCUT2D eigenvalue weighted by atomic mass is 32.2. The Morgan fingerprint density at radius 3 is 2.68 bits per heavy atom. The maximum Gasteiger partial charge on any atom is 0.232 e. The number of hydrogen-bond acceptors (Lipinski definition) is 4. The van der Waals surface area contributed by atoms with Crippen molar-refractivity contribution in [2.75, 3.05) is 36.7 Å². The number of fused-ring (bicyclic) bond motifs is 1. The number of aliphatic hydroxyl groups is 1. The van der Waals surface area contributed by atoms with Crippen molar-refractivity contribution in [2.45, 2.75) is 45.6 Å². The quantitative estimate of drug-likeness (QED) is 0.890. The molecule has 0 bridgehead atoms. The molecule has 0 aromatic heterocycles. The van der Waals surface area contributed by atoms with Crippen molar-refractivity contribution in [3.63, 3.8) is 0 Å². The third-order valence-electron chi connectivity index (χ3n) is 5.38. The molecule has 2 aliphatic rings. The Hall–Kier alpha value is -1.11. The minimum Gasteiger partial charge on any atom is -0.387 e. The number of rotatable bonds is 4. The van der Waals surface area contributed by atoms with E-state index in [4.69, 9.17) is 0 Å². The van der Waals surface area contributed by atoms with Gasteiger partial charge in [0.2, 0.25) is 10.0 Å². The maximum atomic E-state index is 12.0. The van der Waals surface area contributed by atoms with Crippen LogP contribution in [0.1, 0.15) is 50.3 Å². The van der Waals surface area contributed by atoms with Crippen LogP contribution in [0.2, 0.25) is 0 Å². The number of nitrogens with zero attached hydrogens (tertiary/aromatic N) is 2. The van der Waals surface area contributed by atoms with Crippen molar-refractivity contribution in [1.82, 2.24) is 4.90 Å². The molecule has 1 fully saturated rings. The summed E-state index contributed by atoms with van der Waals surface area (Å²) in [6.07, 6.45) is 4.81. The Bertz CT molecular complexity index is 730. The lowest BCUT2D eigenvalue weighted by Crippen LogP contribution is -2.42. The molecule has 1 unspecified atom stereocenters. The van der Waals surface area contributed by atoms with Crippen LogP contribution in [0.25, 0.3) is 0 Å². The second-order valence-electron chi connectivity index (χ2n) is 8.35. The van der Waals surface area contributed by atoms with Gasteiger partial charge in [0.15, 0.2) is 0 Å². The van der Waals surface area contributed by atoms with Crippen LogP contribution in [0.4, 0.5) is 5.69 Å². The van der Waals surface area contributed by atoms with Gasteiger partial charge in [0, 0.05) is 19.6 Å². The molecule has 1 aromatic rings. The molecule has 0 amide bonds. The van der Waals surface area contributed by atoms with Crippen molar-refractivity contribution in [3.8, 4) is 0 Å². The number of aliphatic hydroxyl groups excluding tert-OH is 1. The number of benzene rings is 1. The largest absolute Gasteiger partial charge is 0.387 e. The molecule has 1 saturated heterocycles. The summed E-state index contributed by atoms with van der Waals surface area (Å²) in [7, 11) is -3.25. The minimum absolute atomic E-state index is 0.309. The Morgan fingerprint density at radius 1 is 1.24 bits per heavy atom. The number of β-amino-alcohol motifs (C(OH)–C–C–N with tert-alkyl or cyclic N) is 1. The summed E-state index contributed by atoms with van der Waals surface area (Å²) in [4.78, 5) is 2.34. The van der Waals surface area contributed by atoms with Gasteiger partial charge in [-0.05, 0) is 54.8 Å². The molecular weight excluding hydrogens is 336 g/mol. The first-order chi connectivity index (χ1) is 11.7. The average Bonchev–Trinajstić information content (AvgIpc) is 2.51. The molecule has 25 heavy (non-hydrogen) atoms. The van der Waals surface area contributed by atoms with Gasteiger partial charge >= 0.3 is 0 Å². The van der Waals surface area contributed by atoms with Gasteiger partial charge in [-0.15, -0.1) is 0 Å². The zero-order valence-electron chi connectivity index (χ0n) is 15.5. The van der Waals surface area contributed by atoms with Crippen LogP contribution in [-0.4, -0.2) is 50.9 Å². The molecule has 5 nitrogen and oxygen atoms in total. The lowest BCUT2D eigenvalue weighted by Gasteiger charge is -2.39. The summed E-state index contributed by atoms with van der Waals surface area (Å²) in [6.45, 7) is 7.78. The lowest BCUT2D eigenvalue weighted by molar-refractivity contribution is 0.0598. The van der Waals surface area contributed by atoms with Gasteiger partial charge in [0.25, 0.3) is 0 Å². The number of sulfonamides is 1. The van der Waals surface area contributed by atoms with Crippen LogP contribution in [-0.2, 0) is 16.4 Å². The Kier molecular flexibility index (Phi) is 5.15. The molecule has 3 rings (SSSR count). The summed E-state index contributed by atoms with van der Waals surface area (Å²) >= 11 is 0. The fourth-order valence-electron chi connectivity index (χ4n) is 4.18. The van der Waals surface area contributed by atoms with Gasteiger partial charge in [0.1, 0.15) is 0 Å². The first kappa shape index (κ1) is 18.7. The molecule has 6 heteroatoms. The monoisotopic (exact) mass is 366 g/mol. The van der Waals surface area contributed by atoms with Crippen molar-refractivity contribution >= 4 is 15.7 Å². The average molecular weight is 367 g/mol. The van der Waals surface area contributed by atoms with E-state index in [1.54, 1.807) is 0 Å². The summed E-state index contributed by atoms with van der Waals surface area (Å²) in [5.74, 6) is 0.